The molecule has 0 radical (unpaired) electrons. The van der Waals surface area contributed by atoms with Gasteiger partial charge in [-0.3, -0.25) is 0 Å². The van der Waals surface area contributed by atoms with Crippen molar-refractivity contribution in [2.24, 2.45) is 5.92 Å². The number of rotatable bonds is 4. The summed E-state index contributed by atoms with van der Waals surface area (Å²) >= 11 is 0. The van der Waals surface area contributed by atoms with E-state index in [4.69, 9.17) is 0 Å². The van der Waals surface area contributed by atoms with Gasteiger partial charge in [0.2, 0.25) is 0 Å². The van der Waals surface area contributed by atoms with E-state index in [9.17, 15) is 10.2 Å². The summed E-state index contributed by atoms with van der Waals surface area (Å²) in [7, 11) is 0. The van der Waals surface area contributed by atoms with Crippen molar-refractivity contribution in [3.63, 3.8) is 0 Å². The van der Waals surface area contributed by atoms with Crippen molar-refractivity contribution in [2.75, 3.05) is 0 Å². The summed E-state index contributed by atoms with van der Waals surface area (Å²) in [6.45, 7) is 4.15. The van der Waals surface area contributed by atoms with Crippen molar-refractivity contribution < 1.29 is 10.2 Å². The number of aliphatic hydroxyl groups excluding tert-OH is 1. The van der Waals surface area contributed by atoms with Crippen LogP contribution in [-0.4, -0.2) is 21.9 Å². The summed E-state index contributed by atoms with van der Waals surface area (Å²) in [5.74, 6) is 0.387. The summed E-state index contributed by atoms with van der Waals surface area (Å²) in [5.41, 5.74) is 0.653. The second kappa shape index (κ2) is 6.21. The number of hydrogen-bond acceptors (Lipinski definition) is 2. The van der Waals surface area contributed by atoms with Crippen molar-refractivity contribution >= 4 is 0 Å². The zero-order valence-corrected chi connectivity index (χ0v) is 11.5. The summed E-state index contributed by atoms with van der Waals surface area (Å²) in [5, 5.41) is 20.5. The highest BCUT2D eigenvalue weighted by molar-refractivity contribution is 5.04. The van der Waals surface area contributed by atoms with E-state index in [0.29, 0.717) is 5.92 Å². The molecule has 18 heavy (non-hydrogen) atoms. The zero-order chi connectivity index (χ0) is 13.0. The summed E-state index contributed by atoms with van der Waals surface area (Å²) < 4.78 is 0. The fourth-order valence-corrected chi connectivity index (χ4v) is 3.72. The van der Waals surface area contributed by atoms with Crippen molar-refractivity contribution in [3.8, 4) is 0 Å². The first-order valence-corrected chi connectivity index (χ1v) is 7.66. The normalized spacial score (nSPS) is 32.1. The standard InChI is InChI=1S/C16H28O2/c1-13(11-14-7-3-4-8-15(14)17)12-16(18)9-5-2-6-10-16/h14-15,17-18H,1-12H2/t14-,15+/m1/s1. The quantitative estimate of drug-likeness (QED) is 0.751. The minimum absolute atomic E-state index is 0.142. The maximum Gasteiger partial charge on any atom is 0.0684 e. The largest absolute Gasteiger partial charge is 0.393 e. The molecule has 0 heterocycles. The van der Waals surface area contributed by atoms with Crippen LogP contribution in [0.5, 0.6) is 0 Å². The van der Waals surface area contributed by atoms with E-state index in [1.54, 1.807) is 0 Å². The fraction of sp³-hybridized carbons (Fsp3) is 0.875. The smallest absolute Gasteiger partial charge is 0.0684 e. The number of hydrogen-bond donors (Lipinski definition) is 2. The molecule has 2 rings (SSSR count). The van der Waals surface area contributed by atoms with Crippen LogP contribution < -0.4 is 0 Å². The Morgan fingerprint density at radius 1 is 1.06 bits per heavy atom. The van der Waals surface area contributed by atoms with Gasteiger partial charge in [-0.05, 0) is 44.4 Å². The van der Waals surface area contributed by atoms with E-state index in [2.05, 4.69) is 6.58 Å². The van der Waals surface area contributed by atoms with Gasteiger partial charge in [-0.1, -0.05) is 44.3 Å². The summed E-state index contributed by atoms with van der Waals surface area (Å²) in [6, 6.07) is 0. The Morgan fingerprint density at radius 2 is 1.72 bits per heavy atom. The van der Waals surface area contributed by atoms with Crippen molar-refractivity contribution in [2.45, 2.75) is 82.3 Å². The van der Waals surface area contributed by atoms with Gasteiger partial charge in [0.1, 0.15) is 0 Å². The van der Waals surface area contributed by atoms with E-state index in [-0.39, 0.29) is 6.10 Å². The molecular formula is C16H28O2. The Balaban J connectivity index is 1.80. The highest BCUT2D eigenvalue weighted by Crippen LogP contribution is 2.36. The first-order valence-electron chi connectivity index (χ1n) is 7.66. The lowest BCUT2D eigenvalue weighted by atomic mass is 9.77. The molecule has 104 valence electrons. The lowest BCUT2D eigenvalue weighted by Crippen LogP contribution is -2.32. The molecule has 2 N–H and O–H groups in total. The molecule has 2 nitrogen and oxygen atoms in total. The fourth-order valence-electron chi connectivity index (χ4n) is 3.72. The zero-order valence-electron chi connectivity index (χ0n) is 11.5. The molecule has 2 aliphatic rings. The Hall–Kier alpha value is -0.340. The SMILES string of the molecule is C=C(C[C@H]1CCCC[C@@H]1O)CC1(O)CCCCC1. The molecule has 0 spiro atoms. The van der Waals surface area contributed by atoms with Crippen LogP contribution in [0.4, 0.5) is 0 Å². The second-order valence-electron chi connectivity index (χ2n) is 6.53. The van der Waals surface area contributed by atoms with Crippen LogP contribution in [0.3, 0.4) is 0 Å². The maximum atomic E-state index is 10.5. The van der Waals surface area contributed by atoms with Gasteiger partial charge >= 0.3 is 0 Å². The Kier molecular flexibility index (Phi) is 4.85. The molecule has 0 aromatic carbocycles. The molecule has 0 aromatic rings. The van der Waals surface area contributed by atoms with Gasteiger partial charge in [0, 0.05) is 0 Å². The van der Waals surface area contributed by atoms with Gasteiger partial charge < -0.3 is 10.2 Å². The van der Waals surface area contributed by atoms with Gasteiger partial charge in [0.05, 0.1) is 11.7 Å². The molecule has 2 atom stereocenters. The molecule has 0 unspecified atom stereocenters. The van der Waals surface area contributed by atoms with Crippen LogP contribution in [0.25, 0.3) is 0 Å². The van der Waals surface area contributed by atoms with Gasteiger partial charge in [-0.25, -0.2) is 0 Å². The number of aliphatic hydroxyl groups is 2. The summed E-state index contributed by atoms with van der Waals surface area (Å²) in [6.07, 6.45) is 11.4. The molecule has 0 aliphatic heterocycles. The molecule has 2 saturated carbocycles. The molecule has 0 bridgehead atoms. The molecule has 0 amide bonds. The Morgan fingerprint density at radius 3 is 2.39 bits per heavy atom. The molecule has 2 heteroatoms. The Bertz CT molecular complexity index is 279. The van der Waals surface area contributed by atoms with E-state index in [0.717, 1.165) is 63.4 Å². The topological polar surface area (TPSA) is 40.5 Å². The third-order valence-corrected chi connectivity index (χ3v) is 4.78. The summed E-state index contributed by atoms with van der Waals surface area (Å²) in [4.78, 5) is 0. The molecule has 2 fully saturated rings. The molecule has 0 aromatic heterocycles. The average Bonchev–Trinajstić information content (AvgIpc) is 2.32. The van der Waals surface area contributed by atoms with Crippen LogP contribution in [0.1, 0.15) is 70.6 Å². The lowest BCUT2D eigenvalue weighted by Gasteiger charge is -2.34. The van der Waals surface area contributed by atoms with Crippen LogP contribution in [-0.2, 0) is 0 Å². The molecule has 0 saturated heterocycles. The predicted octanol–water partition coefficient (Wildman–Crippen LogP) is 3.57. The maximum absolute atomic E-state index is 10.5. The predicted molar refractivity (Wildman–Crippen MR) is 74.4 cm³/mol. The Labute approximate surface area is 111 Å². The van der Waals surface area contributed by atoms with Gasteiger partial charge in [0.15, 0.2) is 0 Å². The average molecular weight is 252 g/mol. The van der Waals surface area contributed by atoms with Crippen LogP contribution in [0.15, 0.2) is 12.2 Å². The minimum atomic E-state index is -0.491. The van der Waals surface area contributed by atoms with Crippen molar-refractivity contribution in [1.82, 2.24) is 0 Å². The first kappa shape index (κ1) is 14.1. The van der Waals surface area contributed by atoms with Crippen molar-refractivity contribution in [3.05, 3.63) is 12.2 Å². The van der Waals surface area contributed by atoms with E-state index in [1.165, 1.54) is 12.8 Å². The molecular weight excluding hydrogens is 224 g/mol. The van der Waals surface area contributed by atoms with E-state index in [1.807, 2.05) is 0 Å². The monoisotopic (exact) mass is 252 g/mol. The third kappa shape index (κ3) is 3.83. The minimum Gasteiger partial charge on any atom is -0.393 e. The molecule has 2 aliphatic carbocycles. The van der Waals surface area contributed by atoms with Crippen LogP contribution >= 0.6 is 0 Å². The van der Waals surface area contributed by atoms with Crippen molar-refractivity contribution in [1.29, 1.82) is 0 Å². The second-order valence-corrected chi connectivity index (χ2v) is 6.53. The van der Waals surface area contributed by atoms with Gasteiger partial charge in [-0.15, -0.1) is 0 Å². The van der Waals surface area contributed by atoms with E-state index >= 15 is 0 Å². The first-order chi connectivity index (χ1) is 8.59. The van der Waals surface area contributed by atoms with Gasteiger partial charge in [0.25, 0.3) is 0 Å². The van der Waals surface area contributed by atoms with E-state index < -0.39 is 5.60 Å². The van der Waals surface area contributed by atoms with Crippen LogP contribution in [0, 0.1) is 5.92 Å². The highest BCUT2D eigenvalue weighted by Gasteiger charge is 2.31. The third-order valence-electron chi connectivity index (χ3n) is 4.78. The van der Waals surface area contributed by atoms with Gasteiger partial charge in [-0.2, -0.15) is 0 Å². The highest BCUT2D eigenvalue weighted by atomic mass is 16.3. The lowest BCUT2D eigenvalue weighted by molar-refractivity contribution is 0.00182. The van der Waals surface area contributed by atoms with Crippen LogP contribution in [0.2, 0.25) is 0 Å².